The van der Waals surface area contributed by atoms with Crippen LogP contribution in [0.5, 0.6) is 0 Å². The van der Waals surface area contributed by atoms with Crippen molar-refractivity contribution in [1.82, 2.24) is 5.32 Å². The van der Waals surface area contributed by atoms with Crippen LogP contribution >= 0.6 is 0 Å². The maximum absolute atomic E-state index is 12.3. The number of carboxylic acids is 1. The molecule has 0 radical (unpaired) electrons. The van der Waals surface area contributed by atoms with E-state index in [1.165, 1.54) is 0 Å². The van der Waals surface area contributed by atoms with Gasteiger partial charge >= 0.3 is 5.97 Å². The minimum atomic E-state index is -0.820. The van der Waals surface area contributed by atoms with Gasteiger partial charge < -0.3 is 10.4 Å². The predicted molar refractivity (Wildman–Crippen MR) is 72.6 cm³/mol. The molecule has 0 heterocycles. The van der Waals surface area contributed by atoms with Gasteiger partial charge in [0, 0.05) is 6.04 Å². The van der Waals surface area contributed by atoms with E-state index in [9.17, 15) is 14.7 Å². The summed E-state index contributed by atoms with van der Waals surface area (Å²) in [4.78, 5) is 23.6. The molecule has 1 fully saturated rings. The molecule has 0 spiro atoms. The summed E-state index contributed by atoms with van der Waals surface area (Å²) >= 11 is 0. The van der Waals surface area contributed by atoms with E-state index in [0.29, 0.717) is 12.3 Å². The fraction of sp³-hybridized carbons (Fsp3) is 0.733. The largest absolute Gasteiger partial charge is 0.481 e. The van der Waals surface area contributed by atoms with Gasteiger partial charge in [0.25, 0.3) is 0 Å². The highest BCUT2D eigenvalue weighted by atomic mass is 16.4. The summed E-state index contributed by atoms with van der Waals surface area (Å²) in [6, 6.07) is 0.188. The number of allylic oxidation sites excluding steroid dienone is 1. The van der Waals surface area contributed by atoms with Crippen LogP contribution in [0.4, 0.5) is 0 Å². The lowest BCUT2D eigenvalue weighted by Gasteiger charge is -2.23. The van der Waals surface area contributed by atoms with Crippen molar-refractivity contribution < 1.29 is 14.7 Å². The highest BCUT2D eigenvalue weighted by Crippen LogP contribution is 2.38. The molecule has 4 heteroatoms. The Labute approximate surface area is 114 Å². The van der Waals surface area contributed by atoms with Gasteiger partial charge in [0.1, 0.15) is 0 Å². The van der Waals surface area contributed by atoms with E-state index in [1.807, 2.05) is 0 Å². The molecule has 1 amide bonds. The number of rotatable bonds is 4. The second kappa shape index (κ2) is 6.22. The van der Waals surface area contributed by atoms with Crippen LogP contribution < -0.4 is 5.32 Å². The maximum Gasteiger partial charge on any atom is 0.307 e. The summed E-state index contributed by atoms with van der Waals surface area (Å²) in [6.07, 6.45) is 9.38. The minimum absolute atomic E-state index is 0.0522. The quantitative estimate of drug-likeness (QED) is 0.767. The zero-order chi connectivity index (χ0) is 13.8. The van der Waals surface area contributed by atoms with Crippen LogP contribution in [-0.4, -0.2) is 23.0 Å². The molecule has 4 nitrogen and oxygen atoms in total. The van der Waals surface area contributed by atoms with Gasteiger partial charge in [-0.3, -0.25) is 9.59 Å². The summed E-state index contributed by atoms with van der Waals surface area (Å²) < 4.78 is 0. The van der Waals surface area contributed by atoms with E-state index in [-0.39, 0.29) is 17.9 Å². The third kappa shape index (κ3) is 3.37. The first-order valence-corrected chi connectivity index (χ1v) is 7.30. The van der Waals surface area contributed by atoms with E-state index in [1.54, 1.807) is 0 Å². The van der Waals surface area contributed by atoms with Crippen molar-refractivity contribution in [2.75, 3.05) is 0 Å². The summed E-state index contributed by atoms with van der Waals surface area (Å²) in [5, 5.41) is 12.3. The van der Waals surface area contributed by atoms with Gasteiger partial charge in [-0.2, -0.15) is 0 Å². The minimum Gasteiger partial charge on any atom is -0.481 e. The Bertz CT molecular complexity index is 378. The fourth-order valence-corrected chi connectivity index (χ4v) is 3.27. The molecule has 2 rings (SSSR count). The normalized spacial score (nSPS) is 34.2. The third-order valence-corrected chi connectivity index (χ3v) is 4.51. The van der Waals surface area contributed by atoms with E-state index in [2.05, 4.69) is 24.4 Å². The number of carbonyl (C=O) groups is 2. The van der Waals surface area contributed by atoms with Gasteiger partial charge in [-0.1, -0.05) is 25.5 Å². The maximum atomic E-state index is 12.3. The standard InChI is InChI=1S/C15H23NO3/c1-2-10-8-12(13(9-10)15(18)19)14(17)16-11-6-4-3-5-7-11/h3-4,10-13H,2,5-9H2,1H3,(H,16,17)(H,18,19). The van der Waals surface area contributed by atoms with Crippen molar-refractivity contribution in [3.63, 3.8) is 0 Å². The number of nitrogens with one attached hydrogen (secondary N) is 1. The molecule has 2 N–H and O–H groups in total. The average molecular weight is 265 g/mol. The monoisotopic (exact) mass is 265 g/mol. The topological polar surface area (TPSA) is 66.4 Å². The van der Waals surface area contributed by atoms with Gasteiger partial charge in [-0.25, -0.2) is 0 Å². The van der Waals surface area contributed by atoms with Crippen molar-refractivity contribution in [3.05, 3.63) is 12.2 Å². The molecule has 0 aliphatic heterocycles. The summed E-state index contributed by atoms with van der Waals surface area (Å²) in [5.41, 5.74) is 0. The van der Waals surface area contributed by atoms with Gasteiger partial charge in [-0.15, -0.1) is 0 Å². The SMILES string of the molecule is CCC1CC(C(=O)O)C(C(=O)NC2CC=CCC2)C1. The zero-order valence-electron chi connectivity index (χ0n) is 11.5. The first-order valence-electron chi connectivity index (χ1n) is 7.30. The molecule has 4 unspecified atom stereocenters. The Morgan fingerprint density at radius 3 is 2.58 bits per heavy atom. The van der Waals surface area contributed by atoms with E-state index >= 15 is 0 Å². The molecule has 106 valence electrons. The van der Waals surface area contributed by atoms with Crippen molar-refractivity contribution in [1.29, 1.82) is 0 Å². The second-order valence-electron chi connectivity index (χ2n) is 5.79. The molecule has 0 aromatic rings. The molecule has 2 aliphatic rings. The molecule has 0 saturated heterocycles. The predicted octanol–water partition coefficient (Wildman–Crippen LogP) is 2.35. The molecule has 0 aromatic carbocycles. The Hall–Kier alpha value is -1.32. The molecule has 4 atom stereocenters. The van der Waals surface area contributed by atoms with Crippen LogP contribution in [0.15, 0.2) is 12.2 Å². The Morgan fingerprint density at radius 1 is 1.26 bits per heavy atom. The van der Waals surface area contributed by atoms with Gasteiger partial charge in [0.15, 0.2) is 0 Å². The number of aliphatic carboxylic acids is 1. The second-order valence-corrected chi connectivity index (χ2v) is 5.79. The van der Waals surface area contributed by atoms with E-state index in [0.717, 1.165) is 32.1 Å². The number of hydrogen-bond acceptors (Lipinski definition) is 2. The zero-order valence-corrected chi connectivity index (χ0v) is 11.5. The van der Waals surface area contributed by atoms with Crippen molar-refractivity contribution in [3.8, 4) is 0 Å². The number of carboxylic acid groups (broad SMARTS) is 1. The number of amides is 1. The Balaban J connectivity index is 1.96. The molecule has 0 aromatic heterocycles. The first-order chi connectivity index (χ1) is 9.11. The lowest BCUT2D eigenvalue weighted by Crippen LogP contribution is -2.41. The summed E-state index contributed by atoms with van der Waals surface area (Å²) in [7, 11) is 0. The first kappa shape index (κ1) is 14.1. The average Bonchev–Trinajstić information content (AvgIpc) is 2.84. The summed E-state index contributed by atoms with van der Waals surface area (Å²) in [6.45, 7) is 2.07. The van der Waals surface area contributed by atoms with Crippen LogP contribution in [0.1, 0.15) is 45.4 Å². The molecule has 1 saturated carbocycles. The Kier molecular flexibility index (Phi) is 4.61. The molecule has 19 heavy (non-hydrogen) atoms. The Morgan fingerprint density at radius 2 is 2.00 bits per heavy atom. The molecule has 0 bridgehead atoms. The fourth-order valence-electron chi connectivity index (χ4n) is 3.27. The van der Waals surface area contributed by atoms with E-state index < -0.39 is 11.9 Å². The smallest absolute Gasteiger partial charge is 0.307 e. The lowest BCUT2D eigenvalue weighted by atomic mass is 9.94. The number of carbonyl (C=O) groups excluding carboxylic acids is 1. The van der Waals surface area contributed by atoms with Crippen LogP contribution in [0.2, 0.25) is 0 Å². The van der Waals surface area contributed by atoms with Gasteiger partial charge in [0.2, 0.25) is 5.91 Å². The molecular formula is C15H23NO3. The van der Waals surface area contributed by atoms with Gasteiger partial charge in [0.05, 0.1) is 11.8 Å². The highest BCUT2D eigenvalue weighted by Gasteiger charge is 2.42. The van der Waals surface area contributed by atoms with Crippen LogP contribution in [0, 0.1) is 17.8 Å². The van der Waals surface area contributed by atoms with Crippen molar-refractivity contribution in [2.45, 2.75) is 51.5 Å². The van der Waals surface area contributed by atoms with Crippen LogP contribution in [0.25, 0.3) is 0 Å². The third-order valence-electron chi connectivity index (χ3n) is 4.51. The molecular weight excluding hydrogens is 242 g/mol. The van der Waals surface area contributed by atoms with Crippen LogP contribution in [-0.2, 0) is 9.59 Å². The van der Waals surface area contributed by atoms with E-state index in [4.69, 9.17) is 0 Å². The van der Waals surface area contributed by atoms with Crippen molar-refractivity contribution >= 4 is 11.9 Å². The highest BCUT2D eigenvalue weighted by molar-refractivity contribution is 5.85. The lowest BCUT2D eigenvalue weighted by molar-refractivity contribution is -0.146. The van der Waals surface area contributed by atoms with Gasteiger partial charge in [-0.05, 0) is 38.0 Å². The number of hydrogen-bond donors (Lipinski definition) is 2. The summed E-state index contributed by atoms with van der Waals surface area (Å²) in [5.74, 6) is -1.33. The van der Waals surface area contributed by atoms with Crippen LogP contribution in [0.3, 0.4) is 0 Å². The molecule has 2 aliphatic carbocycles. The van der Waals surface area contributed by atoms with Crippen molar-refractivity contribution in [2.24, 2.45) is 17.8 Å².